The lowest BCUT2D eigenvalue weighted by molar-refractivity contribution is 0.180. The molecule has 0 radical (unpaired) electrons. The normalized spacial score (nSPS) is 12.7. The highest BCUT2D eigenvalue weighted by molar-refractivity contribution is 7.09. The Morgan fingerprint density at radius 3 is 2.94 bits per heavy atom. The van der Waals surface area contributed by atoms with E-state index in [0.29, 0.717) is 15.5 Å². The lowest BCUT2D eigenvalue weighted by atomic mass is 10.1. The first-order valence-electron chi connectivity index (χ1n) is 4.68. The molecule has 0 aliphatic carbocycles. The summed E-state index contributed by atoms with van der Waals surface area (Å²) in [6.07, 6.45) is 0.972. The quantitative estimate of drug-likeness (QED) is 0.916. The molecule has 0 aliphatic rings. The molecule has 5 heteroatoms. The predicted molar refractivity (Wildman–Crippen MR) is 62.2 cm³/mol. The molecule has 0 spiro atoms. The van der Waals surface area contributed by atoms with Crippen molar-refractivity contribution in [1.82, 2.24) is 4.98 Å². The van der Waals surface area contributed by atoms with E-state index >= 15 is 0 Å². The number of aromatic nitrogens is 1. The van der Waals surface area contributed by atoms with Crippen LogP contribution in [0.25, 0.3) is 0 Å². The van der Waals surface area contributed by atoms with Gasteiger partial charge in [-0.25, -0.2) is 4.39 Å². The highest BCUT2D eigenvalue weighted by Gasteiger charge is 2.15. The van der Waals surface area contributed by atoms with Crippen molar-refractivity contribution < 1.29 is 9.50 Å². The van der Waals surface area contributed by atoms with Crippen LogP contribution in [-0.2, 0) is 6.42 Å². The van der Waals surface area contributed by atoms with E-state index in [1.807, 2.05) is 0 Å². The van der Waals surface area contributed by atoms with Crippen molar-refractivity contribution >= 4 is 22.9 Å². The van der Waals surface area contributed by atoms with Crippen LogP contribution in [0.2, 0.25) is 5.02 Å². The van der Waals surface area contributed by atoms with Gasteiger partial charge in [0.25, 0.3) is 0 Å². The second-order valence-electron chi connectivity index (χ2n) is 3.32. The monoisotopic (exact) mass is 257 g/mol. The van der Waals surface area contributed by atoms with Crippen molar-refractivity contribution in [3.8, 4) is 0 Å². The molecule has 0 saturated heterocycles. The molecule has 16 heavy (non-hydrogen) atoms. The van der Waals surface area contributed by atoms with Gasteiger partial charge in [0, 0.05) is 23.2 Å². The van der Waals surface area contributed by atoms with E-state index in [0.717, 1.165) is 0 Å². The fourth-order valence-electron chi connectivity index (χ4n) is 1.41. The van der Waals surface area contributed by atoms with E-state index in [2.05, 4.69) is 4.98 Å². The van der Waals surface area contributed by atoms with E-state index in [1.54, 1.807) is 23.8 Å². The zero-order valence-corrected chi connectivity index (χ0v) is 9.80. The Kier molecular flexibility index (Phi) is 3.53. The van der Waals surface area contributed by atoms with E-state index in [1.165, 1.54) is 17.4 Å². The van der Waals surface area contributed by atoms with Crippen LogP contribution in [-0.4, -0.2) is 10.1 Å². The highest BCUT2D eigenvalue weighted by atomic mass is 35.5. The lowest BCUT2D eigenvalue weighted by Gasteiger charge is -2.10. The van der Waals surface area contributed by atoms with Crippen molar-refractivity contribution in [2.24, 2.45) is 0 Å². The third-order valence-corrected chi connectivity index (χ3v) is 3.47. The van der Waals surface area contributed by atoms with Gasteiger partial charge >= 0.3 is 0 Å². The van der Waals surface area contributed by atoms with Gasteiger partial charge in [-0.05, 0) is 12.1 Å². The van der Waals surface area contributed by atoms with Crippen molar-refractivity contribution in [3.63, 3.8) is 0 Å². The highest BCUT2D eigenvalue weighted by Crippen LogP contribution is 2.26. The number of thiazole rings is 1. The van der Waals surface area contributed by atoms with Gasteiger partial charge in [-0.2, -0.15) is 0 Å². The molecular weight excluding hydrogens is 249 g/mol. The second kappa shape index (κ2) is 4.91. The van der Waals surface area contributed by atoms with Crippen LogP contribution in [0.4, 0.5) is 4.39 Å². The number of hydrogen-bond acceptors (Lipinski definition) is 3. The molecule has 1 unspecified atom stereocenters. The topological polar surface area (TPSA) is 33.1 Å². The maximum atomic E-state index is 13.4. The number of halogens is 2. The Bertz CT molecular complexity index is 455. The van der Waals surface area contributed by atoms with Crippen LogP contribution in [0, 0.1) is 5.82 Å². The molecule has 0 fully saturated rings. The Labute approximate surface area is 101 Å². The molecule has 1 atom stereocenters. The molecule has 2 aromatic rings. The fraction of sp³-hybridized carbons (Fsp3) is 0.182. The molecule has 1 aromatic carbocycles. The van der Waals surface area contributed by atoms with Crippen LogP contribution in [0.5, 0.6) is 0 Å². The summed E-state index contributed by atoms with van der Waals surface area (Å²) in [6.45, 7) is 0. The van der Waals surface area contributed by atoms with Gasteiger partial charge in [0.05, 0.1) is 16.5 Å². The number of nitrogens with zero attached hydrogens (tertiary/aromatic N) is 1. The molecule has 1 aromatic heterocycles. The third-order valence-electron chi connectivity index (χ3n) is 2.24. The summed E-state index contributed by atoms with van der Waals surface area (Å²) >= 11 is 7.21. The van der Waals surface area contributed by atoms with Crippen molar-refractivity contribution in [2.45, 2.75) is 12.5 Å². The smallest absolute Gasteiger partial charge is 0.127 e. The Balaban J connectivity index is 2.21. The molecule has 2 rings (SSSR count). The van der Waals surface area contributed by atoms with Gasteiger partial charge < -0.3 is 5.11 Å². The molecule has 1 N–H and O–H groups in total. The third kappa shape index (κ3) is 2.40. The van der Waals surface area contributed by atoms with Crippen LogP contribution in [0.1, 0.15) is 16.5 Å². The van der Waals surface area contributed by atoms with Crippen molar-refractivity contribution in [3.05, 3.63) is 51.2 Å². The Morgan fingerprint density at radius 2 is 2.31 bits per heavy atom. The summed E-state index contributed by atoms with van der Waals surface area (Å²) in [4.78, 5) is 4.57. The molecule has 0 saturated carbocycles. The second-order valence-corrected chi connectivity index (χ2v) is 4.65. The molecule has 84 valence electrons. The van der Waals surface area contributed by atoms with E-state index in [-0.39, 0.29) is 6.42 Å². The van der Waals surface area contributed by atoms with E-state index in [4.69, 9.17) is 11.6 Å². The van der Waals surface area contributed by atoms with Crippen LogP contribution >= 0.6 is 22.9 Å². The number of aliphatic hydroxyl groups is 1. The first-order chi connectivity index (χ1) is 7.68. The van der Waals surface area contributed by atoms with E-state index < -0.39 is 11.9 Å². The summed E-state index contributed by atoms with van der Waals surface area (Å²) in [5.41, 5.74) is 1.96. The van der Waals surface area contributed by atoms with Gasteiger partial charge in [0.1, 0.15) is 5.82 Å². The van der Waals surface area contributed by atoms with E-state index in [9.17, 15) is 9.50 Å². The van der Waals surface area contributed by atoms with Crippen LogP contribution in [0.15, 0.2) is 29.9 Å². The zero-order valence-electron chi connectivity index (χ0n) is 8.23. The summed E-state index contributed by atoms with van der Waals surface area (Å²) in [6, 6.07) is 4.49. The maximum Gasteiger partial charge on any atom is 0.127 e. The minimum atomic E-state index is -0.762. The molecule has 0 aliphatic heterocycles. The van der Waals surface area contributed by atoms with Gasteiger partial charge in [-0.1, -0.05) is 17.7 Å². The number of benzene rings is 1. The molecular formula is C11H9ClFNOS. The predicted octanol–water partition coefficient (Wildman–Crippen LogP) is 3.21. The van der Waals surface area contributed by atoms with Crippen molar-refractivity contribution in [1.29, 1.82) is 0 Å². The summed E-state index contributed by atoms with van der Waals surface area (Å²) < 4.78 is 13.4. The van der Waals surface area contributed by atoms with Gasteiger partial charge in [0.2, 0.25) is 0 Å². The minimum absolute atomic E-state index is 0.160. The van der Waals surface area contributed by atoms with Gasteiger partial charge in [0.15, 0.2) is 0 Å². The maximum absolute atomic E-state index is 13.4. The largest absolute Gasteiger partial charge is 0.387 e. The van der Waals surface area contributed by atoms with Gasteiger partial charge in [-0.3, -0.25) is 4.98 Å². The number of rotatable bonds is 3. The first-order valence-corrected chi connectivity index (χ1v) is 5.93. The van der Waals surface area contributed by atoms with Crippen LogP contribution in [0.3, 0.4) is 0 Å². The fourth-order valence-corrected chi connectivity index (χ4v) is 2.26. The number of hydrogen-bond donors (Lipinski definition) is 1. The molecule has 0 amide bonds. The minimum Gasteiger partial charge on any atom is -0.387 e. The summed E-state index contributed by atoms with van der Waals surface area (Å²) in [5.74, 6) is -0.393. The van der Waals surface area contributed by atoms with Crippen molar-refractivity contribution in [2.75, 3.05) is 0 Å². The van der Waals surface area contributed by atoms with Crippen LogP contribution < -0.4 is 0 Å². The lowest BCUT2D eigenvalue weighted by Crippen LogP contribution is -2.02. The average Bonchev–Trinajstić information content (AvgIpc) is 2.76. The first kappa shape index (κ1) is 11.5. The molecule has 1 heterocycles. The molecule has 0 bridgehead atoms. The Hall–Kier alpha value is -0.970. The number of aliphatic hydroxyl groups excluding tert-OH is 1. The molecule has 2 nitrogen and oxygen atoms in total. The Morgan fingerprint density at radius 1 is 1.50 bits per heavy atom. The SMILES string of the molecule is OC(Cc1c(F)cccc1Cl)c1cncs1. The van der Waals surface area contributed by atoms with Gasteiger partial charge in [-0.15, -0.1) is 11.3 Å². The zero-order chi connectivity index (χ0) is 11.5. The average molecular weight is 258 g/mol. The summed E-state index contributed by atoms with van der Waals surface area (Å²) in [7, 11) is 0. The summed E-state index contributed by atoms with van der Waals surface area (Å²) in [5, 5.41) is 10.2. The standard InChI is InChI=1S/C11H9ClFNOS/c12-8-2-1-3-9(13)7(8)4-10(15)11-5-14-6-16-11/h1-3,5-6,10,15H,4H2.